The summed E-state index contributed by atoms with van der Waals surface area (Å²) in [7, 11) is 0.589. The van der Waals surface area contributed by atoms with E-state index in [1.165, 1.54) is 0 Å². The molecule has 2 N–H and O–H groups in total. The van der Waals surface area contributed by atoms with Gasteiger partial charge in [-0.25, -0.2) is 0 Å². The molecule has 0 aliphatic rings. The van der Waals surface area contributed by atoms with Crippen LogP contribution in [0.5, 0.6) is 0 Å². The van der Waals surface area contributed by atoms with E-state index >= 15 is 0 Å². The Balaban J connectivity index is 2.35. The fraction of sp³-hybridized carbons (Fsp3) is 0.538. The number of benzene rings is 1. The van der Waals surface area contributed by atoms with Crippen molar-refractivity contribution < 1.29 is 13.7 Å². The standard InChI is InChI=1S/C13H21NO3S/c1-11-5-3-6-12(13(11)14)18(15)10-4-7-17-9-8-16-2/h3,5-6H,4,7-10,14H2,1-2H3. The molecule has 102 valence electrons. The normalized spacial score (nSPS) is 12.6. The molecule has 0 aliphatic heterocycles. The van der Waals surface area contributed by atoms with Gasteiger partial charge in [0.2, 0.25) is 0 Å². The van der Waals surface area contributed by atoms with Crippen LogP contribution in [-0.2, 0) is 20.3 Å². The molecule has 18 heavy (non-hydrogen) atoms. The van der Waals surface area contributed by atoms with Gasteiger partial charge in [-0.15, -0.1) is 0 Å². The third-order valence-corrected chi connectivity index (χ3v) is 4.09. The number of nitrogens with two attached hydrogens (primary N) is 1. The molecule has 1 aromatic carbocycles. The highest BCUT2D eigenvalue weighted by Crippen LogP contribution is 2.20. The number of para-hydroxylation sites is 1. The minimum Gasteiger partial charge on any atom is -0.398 e. The first kappa shape index (κ1) is 15.1. The Labute approximate surface area is 111 Å². The minimum atomic E-state index is -1.05. The Morgan fingerprint density at radius 2 is 2.06 bits per heavy atom. The summed E-state index contributed by atoms with van der Waals surface area (Å²) >= 11 is 0. The monoisotopic (exact) mass is 271 g/mol. The van der Waals surface area contributed by atoms with Crippen LogP contribution >= 0.6 is 0 Å². The maximum Gasteiger partial charge on any atom is 0.0700 e. The van der Waals surface area contributed by atoms with Crippen molar-refractivity contribution in [2.45, 2.75) is 18.2 Å². The summed E-state index contributed by atoms with van der Waals surface area (Å²) in [5, 5.41) is 0. The molecule has 0 saturated carbocycles. The van der Waals surface area contributed by atoms with Crippen LogP contribution in [0.2, 0.25) is 0 Å². The highest BCUT2D eigenvalue weighted by Gasteiger charge is 2.08. The van der Waals surface area contributed by atoms with Crippen LogP contribution in [0.3, 0.4) is 0 Å². The third-order valence-electron chi connectivity index (χ3n) is 2.58. The van der Waals surface area contributed by atoms with Crippen LogP contribution in [0.25, 0.3) is 0 Å². The Bertz CT molecular complexity index is 396. The van der Waals surface area contributed by atoms with Crippen molar-refractivity contribution >= 4 is 16.5 Å². The zero-order valence-corrected chi connectivity index (χ0v) is 11.8. The van der Waals surface area contributed by atoms with Gasteiger partial charge in [0.25, 0.3) is 0 Å². The summed E-state index contributed by atoms with van der Waals surface area (Å²) in [6.45, 7) is 3.69. The Morgan fingerprint density at radius 1 is 1.28 bits per heavy atom. The van der Waals surface area contributed by atoms with E-state index in [4.69, 9.17) is 15.2 Å². The average Bonchev–Trinajstić information content (AvgIpc) is 2.36. The lowest BCUT2D eigenvalue weighted by Crippen LogP contribution is -2.08. The van der Waals surface area contributed by atoms with Crippen LogP contribution in [0.15, 0.2) is 23.1 Å². The lowest BCUT2D eigenvalue weighted by Gasteiger charge is -2.08. The number of ether oxygens (including phenoxy) is 2. The zero-order chi connectivity index (χ0) is 13.4. The minimum absolute atomic E-state index is 0.570. The molecule has 0 aromatic heterocycles. The average molecular weight is 271 g/mol. The topological polar surface area (TPSA) is 61.5 Å². The first-order valence-corrected chi connectivity index (χ1v) is 7.29. The van der Waals surface area contributed by atoms with Gasteiger partial charge in [0.1, 0.15) is 0 Å². The number of rotatable bonds is 8. The molecule has 1 unspecified atom stereocenters. The number of anilines is 1. The SMILES string of the molecule is COCCOCCCS(=O)c1cccc(C)c1N. The van der Waals surface area contributed by atoms with Crippen LogP contribution < -0.4 is 5.73 Å². The second kappa shape index (κ2) is 8.24. The maximum absolute atomic E-state index is 12.1. The molecule has 0 radical (unpaired) electrons. The number of methoxy groups -OCH3 is 1. The molecule has 0 bridgehead atoms. The van der Waals surface area contributed by atoms with Gasteiger partial charge in [-0.1, -0.05) is 12.1 Å². The molecule has 0 aliphatic carbocycles. The lowest BCUT2D eigenvalue weighted by molar-refractivity contribution is 0.0713. The van der Waals surface area contributed by atoms with Crippen LogP contribution in [0.4, 0.5) is 5.69 Å². The van der Waals surface area contributed by atoms with E-state index in [0.29, 0.717) is 31.3 Å². The highest BCUT2D eigenvalue weighted by atomic mass is 32.2. The molecule has 5 heteroatoms. The summed E-state index contributed by atoms with van der Waals surface area (Å²) in [4.78, 5) is 0.729. The molecule has 4 nitrogen and oxygen atoms in total. The van der Waals surface area contributed by atoms with Crippen molar-refractivity contribution in [3.63, 3.8) is 0 Å². The fourth-order valence-corrected chi connectivity index (χ4v) is 2.74. The highest BCUT2D eigenvalue weighted by molar-refractivity contribution is 7.85. The van der Waals surface area contributed by atoms with E-state index in [0.717, 1.165) is 16.9 Å². The van der Waals surface area contributed by atoms with Crippen molar-refractivity contribution in [1.82, 2.24) is 0 Å². The zero-order valence-electron chi connectivity index (χ0n) is 11.0. The smallest absolute Gasteiger partial charge is 0.0700 e. The summed E-state index contributed by atoms with van der Waals surface area (Å²) in [5.74, 6) is 0.570. The first-order chi connectivity index (χ1) is 8.66. The van der Waals surface area contributed by atoms with Gasteiger partial charge in [0.15, 0.2) is 0 Å². The van der Waals surface area contributed by atoms with Gasteiger partial charge < -0.3 is 15.2 Å². The van der Waals surface area contributed by atoms with Gasteiger partial charge in [-0.05, 0) is 25.0 Å². The molecule has 0 amide bonds. The van der Waals surface area contributed by atoms with Crippen molar-refractivity contribution in [2.75, 3.05) is 38.4 Å². The Hall–Kier alpha value is -0.910. The number of hydrogen-bond donors (Lipinski definition) is 1. The van der Waals surface area contributed by atoms with E-state index in [-0.39, 0.29) is 0 Å². The van der Waals surface area contributed by atoms with Crippen molar-refractivity contribution in [3.05, 3.63) is 23.8 Å². The van der Waals surface area contributed by atoms with Gasteiger partial charge >= 0.3 is 0 Å². The number of hydrogen-bond acceptors (Lipinski definition) is 4. The largest absolute Gasteiger partial charge is 0.398 e. The second-order valence-electron chi connectivity index (χ2n) is 4.00. The summed E-state index contributed by atoms with van der Waals surface area (Å²) in [6, 6.07) is 5.63. The summed E-state index contributed by atoms with van der Waals surface area (Å²) in [6.07, 6.45) is 0.754. The molecule has 1 atom stereocenters. The Kier molecular flexibility index (Phi) is 6.93. The quantitative estimate of drug-likeness (QED) is 0.578. The van der Waals surface area contributed by atoms with Crippen molar-refractivity contribution in [1.29, 1.82) is 0 Å². The molecular formula is C13H21NO3S. The van der Waals surface area contributed by atoms with E-state index in [1.807, 2.05) is 25.1 Å². The van der Waals surface area contributed by atoms with Crippen LogP contribution in [-0.4, -0.2) is 36.9 Å². The number of aryl methyl sites for hydroxylation is 1. The molecule has 1 rings (SSSR count). The Morgan fingerprint density at radius 3 is 2.78 bits per heavy atom. The molecule has 0 saturated heterocycles. The van der Waals surface area contributed by atoms with E-state index < -0.39 is 10.8 Å². The second-order valence-corrected chi connectivity index (χ2v) is 5.53. The van der Waals surface area contributed by atoms with Crippen LogP contribution in [0.1, 0.15) is 12.0 Å². The van der Waals surface area contributed by atoms with Gasteiger partial charge in [0.05, 0.1) is 34.6 Å². The fourth-order valence-electron chi connectivity index (χ4n) is 1.50. The molecule has 1 aromatic rings. The van der Waals surface area contributed by atoms with E-state index in [2.05, 4.69) is 0 Å². The maximum atomic E-state index is 12.1. The van der Waals surface area contributed by atoms with Crippen molar-refractivity contribution in [3.8, 4) is 0 Å². The predicted molar refractivity (Wildman–Crippen MR) is 74.2 cm³/mol. The summed E-state index contributed by atoms with van der Waals surface area (Å²) in [5.41, 5.74) is 7.52. The summed E-state index contributed by atoms with van der Waals surface area (Å²) < 4.78 is 22.2. The van der Waals surface area contributed by atoms with E-state index in [9.17, 15) is 4.21 Å². The lowest BCUT2D eigenvalue weighted by atomic mass is 10.2. The van der Waals surface area contributed by atoms with Gasteiger partial charge in [0, 0.05) is 19.5 Å². The van der Waals surface area contributed by atoms with E-state index in [1.54, 1.807) is 7.11 Å². The first-order valence-electron chi connectivity index (χ1n) is 5.97. The third kappa shape index (κ3) is 4.76. The molecule has 0 fully saturated rings. The molecular weight excluding hydrogens is 250 g/mol. The van der Waals surface area contributed by atoms with Gasteiger partial charge in [-0.2, -0.15) is 0 Å². The van der Waals surface area contributed by atoms with Gasteiger partial charge in [-0.3, -0.25) is 4.21 Å². The molecule has 0 heterocycles. The predicted octanol–water partition coefficient (Wildman–Crippen LogP) is 1.74. The van der Waals surface area contributed by atoms with Crippen LogP contribution in [0, 0.1) is 6.92 Å². The van der Waals surface area contributed by atoms with Crippen molar-refractivity contribution in [2.24, 2.45) is 0 Å². The number of nitrogen functional groups attached to an aromatic ring is 1. The molecule has 0 spiro atoms.